The molecule has 1 aliphatic rings. The maximum atomic E-state index is 12.3. The summed E-state index contributed by atoms with van der Waals surface area (Å²) in [5.41, 5.74) is 2.19. The van der Waals surface area contributed by atoms with E-state index in [-0.39, 0.29) is 11.9 Å². The molecule has 1 aromatic heterocycles. The highest BCUT2D eigenvalue weighted by molar-refractivity contribution is 7.12. The van der Waals surface area contributed by atoms with Crippen LogP contribution in [0.5, 0.6) is 5.75 Å². The highest BCUT2D eigenvalue weighted by Gasteiger charge is 2.23. The zero-order chi connectivity index (χ0) is 16.2. The van der Waals surface area contributed by atoms with E-state index in [0.29, 0.717) is 0 Å². The minimum atomic E-state index is 0.0632. The first-order chi connectivity index (χ1) is 11.2. The quantitative estimate of drug-likeness (QED) is 0.933. The van der Waals surface area contributed by atoms with Gasteiger partial charge in [0.1, 0.15) is 5.75 Å². The molecule has 0 spiro atoms. The molecule has 1 aliphatic heterocycles. The number of piperidine rings is 1. The molecule has 122 valence electrons. The third kappa shape index (κ3) is 3.50. The Labute approximate surface area is 141 Å². The topological polar surface area (TPSA) is 41.6 Å². The summed E-state index contributed by atoms with van der Waals surface area (Å²) < 4.78 is 5.44. The van der Waals surface area contributed by atoms with Gasteiger partial charge in [0.25, 0.3) is 5.91 Å². The standard InChI is InChI=1S/C18H22N2O2S/c1-13-9-12-23-17(13)18(21)19-14-7-10-20(11-8-14)15-5-3-4-6-16(15)22-2/h3-6,9,12,14H,7-8,10-11H2,1-2H3,(H,19,21). The van der Waals surface area contributed by atoms with Gasteiger partial charge in [0.2, 0.25) is 0 Å². The van der Waals surface area contributed by atoms with Crippen molar-refractivity contribution >= 4 is 22.9 Å². The Morgan fingerprint density at radius 2 is 2.00 bits per heavy atom. The molecule has 0 unspecified atom stereocenters. The van der Waals surface area contributed by atoms with Crippen LogP contribution in [0.4, 0.5) is 5.69 Å². The first kappa shape index (κ1) is 15.9. The Kier molecular flexibility index (Phi) is 4.86. The van der Waals surface area contributed by atoms with Gasteiger partial charge in [0, 0.05) is 19.1 Å². The number of nitrogens with one attached hydrogen (secondary N) is 1. The number of rotatable bonds is 4. The normalized spacial score (nSPS) is 15.5. The van der Waals surface area contributed by atoms with Gasteiger partial charge in [0.05, 0.1) is 17.7 Å². The fourth-order valence-electron chi connectivity index (χ4n) is 3.01. The highest BCUT2D eigenvalue weighted by atomic mass is 32.1. The number of hydrogen-bond acceptors (Lipinski definition) is 4. The van der Waals surface area contributed by atoms with Crippen molar-refractivity contribution in [2.75, 3.05) is 25.1 Å². The minimum absolute atomic E-state index is 0.0632. The monoisotopic (exact) mass is 330 g/mol. The maximum absolute atomic E-state index is 12.3. The van der Waals surface area contributed by atoms with Crippen LogP contribution in [-0.4, -0.2) is 32.1 Å². The molecule has 0 atom stereocenters. The van der Waals surface area contributed by atoms with Crippen LogP contribution >= 0.6 is 11.3 Å². The average molecular weight is 330 g/mol. The van der Waals surface area contributed by atoms with Crippen LogP contribution in [0.1, 0.15) is 28.1 Å². The van der Waals surface area contributed by atoms with Crippen molar-refractivity contribution in [1.82, 2.24) is 5.32 Å². The lowest BCUT2D eigenvalue weighted by Crippen LogP contribution is -2.44. The van der Waals surface area contributed by atoms with E-state index in [1.54, 1.807) is 7.11 Å². The number of hydrogen-bond donors (Lipinski definition) is 1. The van der Waals surface area contributed by atoms with Crippen LogP contribution < -0.4 is 15.0 Å². The average Bonchev–Trinajstić information content (AvgIpc) is 3.02. The smallest absolute Gasteiger partial charge is 0.261 e. The summed E-state index contributed by atoms with van der Waals surface area (Å²) in [6.07, 6.45) is 1.91. The summed E-state index contributed by atoms with van der Waals surface area (Å²) in [7, 11) is 1.70. The lowest BCUT2D eigenvalue weighted by atomic mass is 10.0. The molecule has 23 heavy (non-hydrogen) atoms. The predicted molar refractivity (Wildman–Crippen MR) is 94.8 cm³/mol. The van der Waals surface area contributed by atoms with Crippen molar-refractivity contribution in [3.05, 3.63) is 46.2 Å². The number of methoxy groups -OCH3 is 1. The number of ether oxygens (including phenoxy) is 1. The van der Waals surface area contributed by atoms with Gasteiger partial charge in [-0.25, -0.2) is 0 Å². The van der Waals surface area contributed by atoms with Crippen molar-refractivity contribution in [2.45, 2.75) is 25.8 Å². The Hall–Kier alpha value is -2.01. The lowest BCUT2D eigenvalue weighted by molar-refractivity contribution is 0.0934. The second-order valence-corrected chi connectivity index (χ2v) is 6.76. The van der Waals surface area contributed by atoms with E-state index >= 15 is 0 Å². The largest absolute Gasteiger partial charge is 0.495 e. The van der Waals surface area contributed by atoms with Crippen molar-refractivity contribution in [3.8, 4) is 5.75 Å². The van der Waals surface area contributed by atoms with Crippen molar-refractivity contribution in [2.24, 2.45) is 0 Å². The van der Waals surface area contributed by atoms with E-state index in [9.17, 15) is 4.79 Å². The Bertz CT molecular complexity index is 675. The highest BCUT2D eigenvalue weighted by Crippen LogP contribution is 2.30. The van der Waals surface area contributed by atoms with Crippen LogP contribution in [0, 0.1) is 6.92 Å². The van der Waals surface area contributed by atoms with E-state index in [1.807, 2.05) is 36.6 Å². The molecule has 0 saturated carbocycles. The number of para-hydroxylation sites is 2. The third-order valence-electron chi connectivity index (χ3n) is 4.32. The van der Waals surface area contributed by atoms with Gasteiger partial charge in [-0.3, -0.25) is 4.79 Å². The summed E-state index contributed by atoms with van der Waals surface area (Å²) in [6.45, 7) is 3.83. The van der Waals surface area contributed by atoms with Crippen LogP contribution in [0.25, 0.3) is 0 Å². The molecule has 0 bridgehead atoms. The van der Waals surface area contributed by atoms with Crippen molar-refractivity contribution < 1.29 is 9.53 Å². The first-order valence-corrected chi connectivity index (χ1v) is 8.80. The summed E-state index contributed by atoms with van der Waals surface area (Å²) in [6, 6.07) is 10.3. The Morgan fingerprint density at radius 3 is 2.65 bits per heavy atom. The summed E-state index contributed by atoms with van der Waals surface area (Å²) in [5, 5.41) is 5.14. The molecular formula is C18H22N2O2S. The van der Waals surface area contributed by atoms with Gasteiger partial charge < -0.3 is 15.0 Å². The minimum Gasteiger partial charge on any atom is -0.495 e. The summed E-state index contributed by atoms with van der Waals surface area (Å²) in [4.78, 5) is 15.5. The van der Waals surface area contributed by atoms with Gasteiger partial charge in [0.15, 0.2) is 0 Å². The molecule has 1 aromatic carbocycles. The van der Waals surface area contributed by atoms with Crippen molar-refractivity contribution in [1.29, 1.82) is 0 Å². The predicted octanol–water partition coefficient (Wildman–Crippen LogP) is 3.46. The molecule has 2 aromatic rings. The molecule has 1 N–H and O–H groups in total. The second-order valence-electron chi connectivity index (χ2n) is 5.84. The molecule has 5 heteroatoms. The molecule has 1 amide bonds. The summed E-state index contributed by atoms with van der Waals surface area (Å²) in [5.74, 6) is 0.970. The molecule has 4 nitrogen and oxygen atoms in total. The fourth-order valence-corrected chi connectivity index (χ4v) is 3.84. The number of carbonyl (C=O) groups excluding carboxylic acids is 1. The van der Waals surface area contributed by atoms with Gasteiger partial charge in [-0.15, -0.1) is 11.3 Å². The number of aryl methyl sites for hydroxylation is 1. The number of thiophene rings is 1. The second kappa shape index (κ2) is 7.04. The molecule has 3 rings (SSSR count). The fraction of sp³-hybridized carbons (Fsp3) is 0.389. The van der Waals surface area contributed by atoms with E-state index in [0.717, 1.165) is 47.8 Å². The van der Waals surface area contributed by atoms with Gasteiger partial charge in [-0.1, -0.05) is 12.1 Å². The lowest BCUT2D eigenvalue weighted by Gasteiger charge is -2.34. The third-order valence-corrected chi connectivity index (χ3v) is 5.34. The molecule has 0 radical (unpaired) electrons. The van der Waals surface area contributed by atoms with Gasteiger partial charge >= 0.3 is 0 Å². The molecule has 0 aliphatic carbocycles. The number of nitrogens with zero attached hydrogens (tertiary/aromatic N) is 1. The van der Waals surface area contributed by atoms with E-state index in [4.69, 9.17) is 4.74 Å². The molecule has 1 fully saturated rings. The number of carbonyl (C=O) groups is 1. The SMILES string of the molecule is COc1ccccc1N1CCC(NC(=O)c2sccc2C)CC1. The van der Waals surface area contributed by atoms with E-state index < -0.39 is 0 Å². The van der Waals surface area contributed by atoms with Crippen LogP contribution in [-0.2, 0) is 0 Å². The number of amides is 1. The molecule has 1 saturated heterocycles. The zero-order valence-corrected chi connectivity index (χ0v) is 14.4. The van der Waals surface area contributed by atoms with Crippen LogP contribution in [0.15, 0.2) is 35.7 Å². The van der Waals surface area contributed by atoms with Crippen molar-refractivity contribution in [3.63, 3.8) is 0 Å². The van der Waals surface area contributed by atoms with Gasteiger partial charge in [-0.05, 0) is 48.9 Å². The van der Waals surface area contributed by atoms with Crippen LogP contribution in [0.2, 0.25) is 0 Å². The number of benzene rings is 1. The van der Waals surface area contributed by atoms with E-state index in [2.05, 4.69) is 16.3 Å². The first-order valence-electron chi connectivity index (χ1n) is 7.92. The number of anilines is 1. The van der Waals surface area contributed by atoms with Gasteiger partial charge in [-0.2, -0.15) is 0 Å². The van der Waals surface area contributed by atoms with Crippen LogP contribution in [0.3, 0.4) is 0 Å². The summed E-state index contributed by atoms with van der Waals surface area (Å²) >= 11 is 1.51. The Balaban J connectivity index is 1.58. The maximum Gasteiger partial charge on any atom is 0.261 e. The molecular weight excluding hydrogens is 308 g/mol. The Morgan fingerprint density at radius 1 is 1.26 bits per heavy atom. The van der Waals surface area contributed by atoms with E-state index in [1.165, 1.54) is 11.3 Å². The molecule has 2 heterocycles. The zero-order valence-electron chi connectivity index (χ0n) is 13.5.